The molecular formula is C19H22N4O2. The highest BCUT2D eigenvalue weighted by molar-refractivity contribution is 5.95. The number of rotatable bonds is 3. The number of ketones is 1. The molecule has 130 valence electrons. The largest absolute Gasteiger partial charge is 0.353 e. The third kappa shape index (κ3) is 4.15. The Morgan fingerprint density at radius 3 is 2.24 bits per heavy atom. The van der Waals surface area contributed by atoms with Crippen molar-refractivity contribution in [3.8, 4) is 0 Å². The van der Waals surface area contributed by atoms with Gasteiger partial charge in [0.2, 0.25) is 0 Å². The molecule has 0 aliphatic carbocycles. The first-order chi connectivity index (χ1) is 12.0. The zero-order chi connectivity index (χ0) is 17.8. The van der Waals surface area contributed by atoms with Crippen molar-refractivity contribution in [1.82, 2.24) is 9.88 Å². The molecule has 0 saturated carbocycles. The molecule has 1 saturated heterocycles. The van der Waals surface area contributed by atoms with E-state index in [-0.39, 0.29) is 11.8 Å². The molecule has 6 nitrogen and oxygen atoms in total. The fourth-order valence-corrected chi connectivity index (χ4v) is 2.78. The summed E-state index contributed by atoms with van der Waals surface area (Å²) in [5, 5.41) is 2.88. The van der Waals surface area contributed by atoms with Gasteiger partial charge in [-0.3, -0.25) is 4.79 Å². The number of Topliss-reactive ketones (excluding diaryl/α,β-unsaturated/α-hetero) is 1. The molecule has 6 heteroatoms. The summed E-state index contributed by atoms with van der Waals surface area (Å²) >= 11 is 0. The Morgan fingerprint density at radius 1 is 1.00 bits per heavy atom. The molecule has 2 aromatic rings. The second-order valence-corrected chi connectivity index (χ2v) is 6.23. The van der Waals surface area contributed by atoms with Crippen molar-refractivity contribution in [2.24, 2.45) is 0 Å². The van der Waals surface area contributed by atoms with Crippen LogP contribution in [0.5, 0.6) is 0 Å². The Labute approximate surface area is 147 Å². The molecular weight excluding hydrogens is 316 g/mol. The number of carbonyl (C=O) groups excluding carboxylic acids is 2. The number of hydrogen-bond donors (Lipinski definition) is 1. The average molecular weight is 338 g/mol. The van der Waals surface area contributed by atoms with Gasteiger partial charge < -0.3 is 15.1 Å². The fraction of sp³-hybridized carbons (Fsp3) is 0.316. The van der Waals surface area contributed by atoms with Crippen molar-refractivity contribution in [3.63, 3.8) is 0 Å². The number of aromatic nitrogens is 1. The Hall–Kier alpha value is -2.89. The van der Waals surface area contributed by atoms with E-state index in [1.54, 1.807) is 29.2 Å². The van der Waals surface area contributed by atoms with Crippen LogP contribution in [0.25, 0.3) is 0 Å². The molecule has 0 spiro atoms. The second kappa shape index (κ2) is 7.34. The van der Waals surface area contributed by atoms with E-state index in [0.717, 1.165) is 24.5 Å². The quantitative estimate of drug-likeness (QED) is 0.874. The molecule has 2 amide bonds. The highest BCUT2D eigenvalue weighted by Crippen LogP contribution is 2.15. The summed E-state index contributed by atoms with van der Waals surface area (Å²) in [4.78, 5) is 32.1. The number of amides is 2. The van der Waals surface area contributed by atoms with E-state index in [1.165, 1.54) is 6.92 Å². The van der Waals surface area contributed by atoms with Crippen molar-refractivity contribution in [1.29, 1.82) is 0 Å². The Bertz CT molecular complexity index is 748. The van der Waals surface area contributed by atoms with Crippen molar-refractivity contribution in [2.75, 3.05) is 36.4 Å². The number of aryl methyl sites for hydroxylation is 1. The van der Waals surface area contributed by atoms with E-state index < -0.39 is 0 Å². The van der Waals surface area contributed by atoms with Crippen LogP contribution in [0.4, 0.5) is 16.3 Å². The normalized spacial score (nSPS) is 14.3. The predicted octanol–water partition coefficient (Wildman–Crippen LogP) is 2.95. The zero-order valence-electron chi connectivity index (χ0n) is 14.5. The first kappa shape index (κ1) is 17.0. The summed E-state index contributed by atoms with van der Waals surface area (Å²) in [5.74, 6) is 0.962. The lowest BCUT2D eigenvalue weighted by atomic mass is 10.1. The molecule has 2 heterocycles. The van der Waals surface area contributed by atoms with Gasteiger partial charge in [0.05, 0.1) is 0 Å². The van der Waals surface area contributed by atoms with Crippen LogP contribution in [-0.2, 0) is 0 Å². The number of nitrogens with zero attached hydrogens (tertiary/aromatic N) is 3. The minimum atomic E-state index is -0.118. The molecule has 1 aromatic heterocycles. The zero-order valence-corrected chi connectivity index (χ0v) is 14.5. The summed E-state index contributed by atoms with van der Waals surface area (Å²) < 4.78 is 0. The maximum absolute atomic E-state index is 12.4. The van der Waals surface area contributed by atoms with Crippen molar-refractivity contribution >= 4 is 23.3 Å². The molecule has 1 aliphatic rings. The predicted molar refractivity (Wildman–Crippen MR) is 98.2 cm³/mol. The molecule has 1 fully saturated rings. The number of pyridine rings is 1. The molecule has 0 atom stereocenters. The molecule has 1 aliphatic heterocycles. The van der Waals surface area contributed by atoms with Crippen LogP contribution in [0.2, 0.25) is 0 Å². The van der Waals surface area contributed by atoms with Crippen LogP contribution in [0.1, 0.15) is 22.8 Å². The first-order valence-electron chi connectivity index (χ1n) is 8.37. The maximum atomic E-state index is 12.4. The summed E-state index contributed by atoms with van der Waals surface area (Å²) in [5.41, 5.74) is 2.47. The number of anilines is 2. The monoisotopic (exact) mass is 338 g/mol. The van der Waals surface area contributed by atoms with Crippen LogP contribution in [-0.4, -0.2) is 47.9 Å². The van der Waals surface area contributed by atoms with Gasteiger partial charge in [-0.1, -0.05) is 6.07 Å². The molecule has 3 rings (SSSR count). The molecule has 1 aromatic carbocycles. The maximum Gasteiger partial charge on any atom is 0.321 e. The minimum absolute atomic E-state index is 0.0127. The standard InChI is InChI=1S/C19H22N4O2/c1-14-3-8-18(20-13-14)22-9-11-23(12-10-22)19(25)21-17-6-4-16(5-7-17)15(2)24/h3-8,13H,9-12H2,1-2H3,(H,21,25). The van der Waals surface area contributed by atoms with Crippen LogP contribution in [0.3, 0.4) is 0 Å². The van der Waals surface area contributed by atoms with Gasteiger partial charge in [-0.25, -0.2) is 9.78 Å². The van der Waals surface area contributed by atoms with Gasteiger partial charge >= 0.3 is 6.03 Å². The molecule has 1 N–H and O–H groups in total. The summed E-state index contributed by atoms with van der Waals surface area (Å²) in [6.45, 7) is 6.34. The van der Waals surface area contributed by atoms with Gasteiger partial charge in [0.1, 0.15) is 5.82 Å². The summed E-state index contributed by atoms with van der Waals surface area (Å²) in [6, 6.07) is 10.9. The number of benzene rings is 1. The lowest BCUT2D eigenvalue weighted by Gasteiger charge is -2.35. The van der Waals surface area contributed by atoms with Crippen molar-refractivity contribution in [2.45, 2.75) is 13.8 Å². The first-order valence-corrected chi connectivity index (χ1v) is 8.37. The number of urea groups is 1. The van der Waals surface area contributed by atoms with E-state index in [0.29, 0.717) is 24.3 Å². The topological polar surface area (TPSA) is 65.5 Å². The number of piperazine rings is 1. The lowest BCUT2D eigenvalue weighted by Crippen LogP contribution is -2.50. The van der Waals surface area contributed by atoms with Crippen molar-refractivity contribution in [3.05, 3.63) is 53.7 Å². The van der Waals surface area contributed by atoms with Crippen LogP contribution in [0.15, 0.2) is 42.6 Å². The van der Waals surface area contributed by atoms with Crippen molar-refractivity contribution < 1.29 is 9.59 Å². The molecule has 25 heavy (non-hydrogen) atoms. The highest BCUT2D eigenvalue weighted by Gasteiger charge is 2.21. The van der Waals surface area contributed by atoms with Crippen LogP contribution >= 0.6 is 0 Å². The third-order valence-electron chi connectivity index (χ3n) is 4.33. The fourth-order valence-electron chi connectivity index (χ4n) is 2.78. The lowest BCUT2D eigenvalue weighted by molar-refractivity contribution is 0.101. The molecule has 0 radical (unpaired) electrons. The van der Waals surface area contributed by atoms with Gasteiger partial charge in [0.15, 0.2) is 5.78 Å². The highest BCUT2D eigenvalue weighted by atomic mass is 16.2. The average Bonchev–Trinajstić information content (AvgIpc) is 2.63. The number of carbonyl (C=O) groups is 2. The number of hydrogen-bond acceptors (Lipinski definition) is 4. The minimum Gasteiger partial charge on any atom is -0.353 e. The van der Waals surface area contributed by atoms with E-state index in [1.807, 2.05) is 25.3 Å². The van der Waals surface area contributed by atoms with Gasteiger partial charge in [0.25, 0.3) is 0 Å². The van der Waals surface area contributed by atoms with E-state index in [2.05, 4.69) is 15.2 Å². The van der Waals surface area contributed by atoms with E-state index >= 15 is 0 Å². The number of nitrogens with one attached hydrogen (secondary N) is 1. The van der Waals surface area contributed by atoms with Crippen LogP contribution < -0.4 is 10.2 Å². The molecule has 0 bridgehead atoms. The Balaban J connectivity index is 1.54. The molecule has 0 unspecified atom stereocenters. The van der Waals surface area contributed by atoms with E-state index in [9.17, 15) is 9.59 Å². The second-order valence-electron chi connectivity index (χ2n) is 6.23. The van der Waals surface area contributed by atoms with Gasteiger partial charge in [0, 0.05) is 43.6 Å². The Morgan fingerprint density at radius 2 is 1.68 bits per heavy atom. The van der Waals surface area contributed by atoms with Gasteiger partial charge in [-0.05, 0) is 49.7 Å². The summed E-state index contributed by atoms with van der Waals surface area (Å²) in [7, 11) is 0. The van der Waals surface area contributed by atoms with Gasteiger partial charge in [-0.2, -0.15) is 0 Å². The van der Waals surface area contributed by atoms with E-state index in [4.69, 9.17) is 0 Å². The van der Waals surface area contributed by atoms with Gasteiger partial charge in [-0.15, -0.1) is 0 Å². The Kier molecular flexibility index (Phi) is 4.97. The summed E-state index contributed by atoms with van der Waals surface area (Å²) in [6.07, 6.45) is 1.86. The van der Waals surface area contributed by atoms with Crippen LogP contribution in [0, 0.1) is 6.92 Å². The smallest absolute Gasteiger partial charge is 0.321 e. The third-order valence-corrected chi connectivity index (χ3v) is 4.33. The SMILES string of the molecule is CC(=O)c1ccc(NC(=O)N2CCN(c3ccc(C)cn3)CC2)cc1.